The van der Waals surface area contributed by atoms with Crippen molar-refractivity contribution in [1.82, 2.24) is 0 Å². The maximum Gasteiger partial charge on any atom is 0.248 e. The second-order valence-electron chi connectivity index (χ2n) is 6.38. The number of hydrogen-bond donors (Lipinski definition) is 0. The highest BCUT2D eigenvalue weighted by Gasteiger charge is 2.69. The third kappa shape index (κ3) is 1.91. The largest absolute Gasteiger partial charge is 0.355 e. The van der Waals surface area contributed by atoms with Crippen LogP contribution in [0, 0.1) is 32.1 Å². The highest BCUT2D eigenvalue weighted by molar-refractivity contribution is 5.30. The molecule has 7 nitrogen and oxygen atoms in total. The molecule has 0 aromatic heterocycles. The average molecular weight is 294 g/mol. The van der Waals surface area contributed by atoms with Crippen molar-refractivity contribution in [1.29, 1.82) is 0 Å². The van der Waals surface area contributed by atoms with E-state index in [0.717, 1.165) is 5.57 Å². The molecule has 0 aromatic rings. The summed E-state index contributed by atoms with van der Waals surface area (Å²) >= 11 is 0. The maximum absolute atomic E-state index is 11.4. The fourth-order valence-corrected chi connectivity index (χ4v) is 4.22. The molecule has 2 heterocycles. The van der Waals surface area contributed by atoms with Crippen LogP contribution in [0.4, 0.5) is 0 Å². The quantitative estimate of drug-likeness (QED) is 0.450. The highest BCUT2D eigenvalue weighted by Crippen LogP contribution is 2.55. The van der Waals surface area contributed by atoms with Crippen molar-refractivity contribution in [3.05, 3.63) is 44.0 Å². The number of fused-ring (bicyclic) bond motifs is 1. The van der Waals surface area contributed by atoms with Crippen LogP contribution in [0.1, 0.15) is 26.7 Å². The molecule has 0 aromatic carbocycles. The van der Waals surface area contributed by atoms with Crippen molar-refractivity contribution >= 4 is 0 Å². The summed E-state index contributed by atoms with van der Waals surface area (Å²) in [5.41, 5.74) is 0.0854. The first kappa shape index (κ1) is 14.2. The lowest BCUT2D eigenvalue weighted by atomic mass is 9.63. The minimum absolute atomic E-state index is 0.265. The molecule has 3 rings (SSSR count). The zero-order chi connectivity index (χ0) is 15.4. The van der Waals surface area contributed by atoms with Gasteiger partial charge in [0.2, 0.25) is 12.1 Å². The summed E-state index contributed by atoms with van der Waals surface area (Å²) < 4.78 is 5.93. The molecule has 1 unspecified atom stereocenters. The van der Waals surface area contributed by atoms with E-state index in [4.69, 9.17) is 4.74 Å². The van der Waals surface area contributed by atoms with Gasteiger partial charge in [0.15, 0.2) is 0 Å². The van der Waals surface area contributed by atoms with Crippen molar-refractivity contribution in [3.8, 4) is 0 Å². The molecule has 0 N–H and O–H groups in total. The minimum atomic E-state index is -0.879. The van der Waals surface area contributed by atoms with Gasteiger partial charge in [-0.15, -0.1) is 0 Å². The SMILES string of the molecule is CC(C)=C[C@H]1[C@H]([N+](=O)[O-])CCC2[C@H]([N+](=O)[O-])[C@@H]3C=C[C@@]21O3. The van der Waals surface area contributed by atoms with E-state index in [1.165, 1.54) is 0 Å². The van der Waals surface area contributed by atoms with Crippen molar-refractivity contribution < 1.29 is 14.6 Å². The Morgan fingerprint density at radius 2 is 2.00 bits per heavy atom. The van der Waals surface area contributed by atoms with Crippen LogP contribution in [0.25, 0.3) is 0 Å². The zero-order valence-electron chi connectivity index (χ0n) is 12.0. The van der Waals surface area contributed by atoms with Gasteiger partial charge in [0, 0.05) is 16.3 Å². The van der Waals surface area contributed by atoms with Gasteiger partial charge in [-0.1, -0.05) is 23.8 Å². The van der Waals surface area contributed by atoms with E-state index in [-0.39, 0.29) is 15.8 Å². The third-order valence-corrected chi connectivity index (χ3v) is 4.95. The average Bonchev–Trinajstić information content (AvgIpc) is 2.93. The first-order valence-corrected chi connectivity index (χ1v) is 7.16. The molecule has 1 saturated carbocycles. The van der Waals surface area contributed by atoms with Gasteiger partial charge in [0.1, 0.15) is 11.7 Å². The van der Waals surface area contributed by atoms with Crippen LogP contribution in [0.3, 0.4) is 0 Å². The molecule has 7 heteroatoms. The molecule has 3 aliphatic rings. The fraction of sp³-hybridized carbons (Fsp3) is 0.714. The topological polar surface area (TPSA) is 95.5 Å². The zero-order valence-corrected chi connectivity index (χ0v) is 12.0. The van der Waals surface area contributed by atoms with Gasteiger partial charge in [-0.05, 0) is 20.3 Å². The molecule has 2 aliphatic heterocycles. The lowest BCUT2D eigenvalue weighted by Gasteiger charge is -2.41. The number of ether oxygens (including phenoxy) is 1. The van der Waals surface area contributed by atoms with E-state index in [0.29, 0.717) is 12.8 Å². The predicted molar refractivity (Wildman–Crippen MR) is 74.0 cm³/mol. The Hall–Kier alpha value is -1.76. The first-order valence-electron chi connectivity index (χ1n) is 7.16. The molecule has 1 aliphatic carbocycles. The van der Waals surface area contributed by atoms with Gasteiger partial charge in [-0.25, -0.2) is 0 Å². The van der Waals surface area contributed by atoms with Crippen LogP contribution in [0.2, 0.25) is 0 Å². The summed E-state index contributed by atoms with van der Waals surface area (Å²) in [4.78, 5) is 22.2. The molecule has 1 spiro atoms. The smallest absolute Gasteiger partial charge is 0.248 e. The van der Waals surface area contributed by atoms with Crippen LogP contribution in [0.5, 0.6) is 0 Å². The Morgan fingerprint density at radius 3 is 2.57 bits per heavy atom. The predicted octanol–water partition coefficient (Wildman–Crippen LogP) is 1.98. The Labute approximate surface area is 122 Å². The normalized spacial score (nSPS) is 43.4. The number of hydrogen-bond acceptors (Lipinski definition) is 5. The van der Waals surface area contributed by atoms with Gasteiger partial charge in [0.05, 0.1) is 11.8 Å². The highest BCUT2D eigenvalue weighted by atomic mass is 16.6. The molecule has 6 atom stereocenters. The maximum atomic E-state index is 11.4. The molecule has 114 valence electrons. The van der Waals surface area contributed by atoms with Crippen molar-refractivity contribution in [2.75, 3.05) is 0 Å². The molecule has 1 saturated heterocycles. The Bertz CT molecular complexity index is 554. The minimum Gasteiger partial charge on any atom is -0.355 e. The standard InChI is InChI=1S/C14H18N2O5/c1-8(2)7-10-11(15(17)18)4-3-9-13(16(19)20)12-5-6-14(9,10)21-12/h5-7,9-13H,3-4H2,1-2H3/t9?,10-,11+,12-,13-,14+/m0/s1. The Kier molecular flexibility index (Phi) is 3.12. The summed E-state index contributed by atoms with van der Waals surface area (Å²) in [5, 5.41) is 22.7. The molecule has 2 bridgehead atoms. The summed E-state index contributed by atoms with van der Waals surface area (Å²) in [5.74, 6) is -0.721. The summed E-state index contributed by atoms with van der Waals surface area (Å²) in [6.07, 6.45) is 5.67. The fourth-order valence-electron chi connectivity index (χ4n) is 4.22. The number of nitrogens with zero attached hydrogens (tertiary/aromatic N) is 2. The Balaban J connectivity index is 2.05. The molecule has 2 fully saturated rings. The lowest BCUT2D eigenvalue weighted by molar-refractivity contribution is -0.546. The van der Waals surface area contributed by atoms with E-state index >= 15 is 0 Å². The van der Waals surface area contributed by atoms with Crippen LogP contribution >= 0.6 is 0 Å². The van der Waals surface area contributed by atoms with Crippen molar-refractivity contribution in [3.63, 3.8) is 0 Å². The molecule has 0 amide bonds. The van der Waals surface area contributed by atoms with Crippen LogP contribution < -0.4 is 0 Å². The van der Waals surface area contributed by atoms with E-state index in [2.05, 4.69) is 0 Å². The van der Waals surface area contributed by atoms with Gasteiger partial charge < -0.3 is 4.74 Å². The lowest BCUT2D eigenvalue weighted by Crippen LogP contribution is -2.55. The number of rotatable bonds is 3. The molecular weight excluding hydrogens is 276 g/mol. The van der Waals surface area contributed by atoms with Crippen LogP contribution in [0.15, 0.2) is 23.8 Å². The second kappa shape index (κ2) is 4.62. The third-order valence-electron chi connectivity index (χ3n) is 4.95. The van der Waals surface area contributed by atoms with Gasteiger partial charge >= 0.3 is 0 Å². The van der Waals surface area contributed by atoms with E-state index in [1.807, 2.05) is 26.0 Å². The van der Waals surface area contributed by atoms with Gasteiger partial charge in [0.25, 0.3) is 0 Å². The number of nitro groups is 2. The molecule has 21 heavy (non-hydrogen) atoms. The van der Waals surface area contributed by atoms with Crippen LogP contribution in [-0.2, 0) is 4.74 Å². The second-order valence-corrected chi connectivity index (χ2v) is 6.38. The monoisotopic (exact) mass is 294 g/mol. The molecule has 0 radical (unpaired) electrons. The number of allylic oxidation sites excluding steroid dienone is 1. The first-order chi connectivity index (χ1) is 9.86. The van der Waals surface area contributed by atoms with E-state index in [1.54, 1.807) is 6.08 Å². The molecular formula is C14H18N2O5. The van der Waals surface area contributed by atoms with E-state index in [9.17, 15) is 20.2 Å². The van der Waals surface area contributed by atoms with Gasteiger partial charge in [-0.2, -0.15) is 0 Å². The van der Waals surface area contributed by atoms with Crippen molar-refractivity contribution in [2.45, 2.75) is 50.5 Å². The Morgan fingerprint density at radius 1 is 1.29 bits per heavy atom. The van der Waals surface area contributed by atoms with Crippen LogP contribution in [-0.4, -0.2) is 33.6 Å². The summed E-state index contributed by atoms with van der Waals surface area (Å²) in [6, 6.07) is -1.53. The summed E-state index contributed by atoms with van der Waals surface area (Å²) in [6.45, 7) is 3.76. The van der Waals surface area contributed by atoms with Gasteiger partial charge in [-0.3, -0.25) is 20.2 Å². The summed E-state index contributed by atoms with van der Waals surface area (Å²) in [7, 11) is 0. The van der Waals surface area contributed by atoms with E-state index < -0.39 is 29.7 Å². The van der Waals surface area contributed by atoms with Crippen molar-refractivity contribution in [2.24, 2.45) is 11.8 Å².